The monoisotopic (exact) mass is 268 g/mol. The number of benzene rings is 1. The van der Waals surface area contributed by atoms with Crippen LogP contribution in [0.3, 0.4) is 0 Å². The zero-order valence-corrected chi connectivity index (χ0v) is 11.5. The number of nitro benzene ring substituents is 1. The van der Waals surface area contributed by atoms with E-state index in [4.69, 9.17) is 4.74 Å². The van der Waals surface area contributed by atoms with Gasteiger partial charge >= 0.3 is 0 Å². The molecule has 0 bridgehead atoms. The summed E-state index contributed by atoms with van der Waals surface area (Å²) in [6, 6.07) is 4.52. The van der Waals surface area contributed by atoms with Gasteiger partial charge in [0.1, 0.15) is 11.4 Å². The number of aliphatic hydroxyl groups excluding tert-OH is 1. The van der Waals surface area contributed by atoms with E-state index in [1.165, 1.54) is 13.2 Å². The third-order valence-electron chi connectivity index (χ3n) is 3.46. The molecule has 1 rings (SSSR count). The summed E-state index contributed by atoms with van der Waals surface area (Å²) in [5.41, 5.74) is -0.223. The van der Waals surface area contributed by atoms with Gasteiger partial charge in [0.15, 0.2) is 0 Å². The van der Waals surface area contributed by atoms with Gasteiger partial charge in [-0.15, -0.1) is 0 Å². The van der Waals surface area contributed by atoms with Gasteiger partial charge in [0.25, 0.3) is 5.69 Å². The minimum absolute atomic E-state index is 0.0273. The summed E-state index contributed by atoms with van der Waals surface area (Å²) in [4.78, 5) is 10.6. The summed E-state index contributed by atoms with van der Waals surface area (Å²) < 4.78 is 5.08. The molecule has 0 aliphatic carbocycles. The normalized spacial score (nSPS) is 11.2. The van der Waals surface area contributed by atoms with E-state index in [9.17, 15) is 15.2 Å². The van der Waals surface area contributed by atoms with Crippen LogP contribution in [0.2, 0.25) is 0 Å². The fourth-order valence-electron chi connectivity index (χ4n) is 1.88. The number of aliphatic hydroxyl groups is 1. The predicted molar refractivity (Wildman–Crippen MR) is 73.7 cm³/mol. The Balaban J connectivity index is 3.19. The average molecular weight is 268 g/mol. The van der Waals surface area contributed by atoms with E-state index in [-0.39, 0.29) is 12.3 Å². The van der Waals surface area contributed by atoms with Crippen molar-refractivity contribution >= 4 is 11.4 Å². The van der Waals surface area contributed by atoms with Crippen LogP contribution in [0.5, 0.6) is 5.75 Å². The molecule has 0 atom stereocenters. The van der Waals surface area contributed by atoms with Crippen LogP contribution in [0.15, 0.2) is 18.2 Å². The molecule has 0 saturated carbocycles. The number of nitrogens with one attached hydrogen (secondary N) is 1. The Morgan fingerprint density at radius 2 is 2.05 bits per heavy atom. The quantitative estimate of drug-likeness (QED) is 0.586. The number of nitro groups is 1. The highest BCUT2D eigenvalue weighted by molar-refractivity contribution is 5.65. The van der Waals surface area contributed by atoms with Gasteiger partial charge in [0.05, 0.1) is 24.2 Å². The summed E-state index contributed by atoms with van der Waals surface area (Å²) in [5, 5.41) is 23.7. The van der Waals surface area contributed by atoms with Crippen molar-refractivity contribution < 1.29 is 14.8 Å². The van der Waals surface area contributed by atoms with Crippen molar-refractivity contribution in [3.8, 4) is 5.75 Å². The number of methoxy groups -OCH3 is 1. The third-order valence-corrected chi connectivity index (χ3v) is 3.46. The molecule has 0 spiro atoms. The lowest BCUT2D eigenvalue weighted by molar-refractivity contribution is -0.384. The van der Waals surface area contributed by atoms with Gasteiger partial charge < -0.3 is 15.2 Å². The summed E-state index contributed by atoms with van der Waals surface area (Å²) >= 11 is 0. The number of nitrogens with zero attached hydrogens (tertiary/aromatic N) is 1. The molecule has 0 aliphatic rings. The Labute approximate surface area is 112 Å². The van der Waals surface area contributed by atoms with Gasteiger partial charge in [-0.1, -0.05) is 13.8 Å². The van der Waals surface area contributed by atoms with Gasteiger partial charge in [-0.05, 0) is 18.9 Å². The molecule has 0 fully saturated rings. The van der Waals surface area contributed by atoms with Crippen LogP contribution in [-0.4, -0.2) is 29.3 Å². The van der Waals surface area contributed by atoms with Crippen molar-refractivity contribution in [2.75, 3.05) is 19.0 Å². The van der Waals surface area contributed by atoms with Crippen LogP contribution in [0, 0.1) is 10.1 Å². The molecule has 0 aromatic heterocycles. The lowest BCUT2D eigenvalue weighted by Gasteiger charge is -2.31. The predicted octanol–water partition coefficient (Wildman–Crippen LogP) is 2.57. The summed E-state index contributed by atoms with van der Waals surface area (Å²) in [6.45, 7) is 3.77. The first-order chi connectivity index (χ1) is 9.01. The average Bonchev–Trinajstić information content (AvgIpc) is 2.44. The highest BCUT2D eigenvalue weighted by Gasteiger charge is 2.28. The lowest BCUT2D eigenvalue weighted by Crippen LogP contribution is -2.41. The SMILES string of the molecule is CCC(CC)(CO)Nc1cc(OC)ccc1[N+](=O)[O-]. The molecule has 0 amide bonds. The maximum atomic E-state index is 11.0. The first-order valence-electron chi connectivity index (χ1n) is 6.23. The zero-order valence-electron chi connectivity index (χ0n) is 11.5. The Morgan fingerprint density at radius 1 is 1.42 bits per heavy atom. The summed E-state index contributed by atoms with van der Waals surface area (Å²) in [6.07, 6.45) is 1.32. The van der Waals surface area contributed by atoms with Crippen molar-refractivity contribution in [3.63, 3.8) is 0 Å². The minimum Gasteiger partial charge on any atom is -0.497 e. The first kappa shape index (κ1) is 15.2. The van der Waals surface area contributed by atoms with E-state index in [1.54, 1.807) is 12.1 Å². The third kappa shape index (κ3) is 3.35. The zero-order chi connectivity index (χ0) is 14.5. The molecular weight excluding hydrogens is 248 g/mol. The van der Waals surface area contributed by atoms with Crippen LogP contribution >= 0.6 is 0 Å². The number of anilines is 1. The van der Waals surface area contributed by atoms with Crippen molar-refractivity contribution in [1.29, 1.82) is 0 Å². The van der Waals surface area contributed by atoms with Crippen molar-refractivity contribution in [3.05, 3.63) is 28.3 Å². The molecule has 1 aromatic rings. The first-order valence-corrected chi connectivity index (χ1v) is 6.23. The molecule has 0 heterocycles. The van der Waals surface area contributed by atoms with Gasteiger partial charge in [0.2, 0.25) is 0 Å². The van der Waals surface area contributed by atoms with Crippen LogP contribution in [0.4, 0.5) is 11.4 Å². The minimum atomic E-state index is -0.558. The number of hydrogen-bond acceptors (Lipinski definition) is 5. The van der Waals surface area contributed by atoms with E-state index < -0.39 is 10.5 Å². The molecule has 0 unspecified atom stereocenters. The molecule has 0 saturated heterocycles. The van der Waals surface area contributed by atoms with Crippen molar-refractivity contribution in [2.45, 2.75) is 32.2 Å². The molecule has 1 aromatic carbocycles. The van der Waals surface area contributed by atoms with Crippen LogP contribution < -0.4 is 10.1 Å². The Kier molecular flexibility index (Phi) is 5.11. The van der Waals surface area contributed by atoms with Gasteiger partial charge in [-0.3, -0.25) is 10.1 Å². The Morgan fingerprint density at radius 3 is 2.47 bits per heavy atom. The maximum Gasteiger partial charge on any atom is 0.292 e. The molecule has 0 aliphatic heterocycles. The van der Waals surface area contributed by atoms with Gasteiger partial charge in [-0.2, -0.15) is 0 Å². The molecular formula is C13H20N2O4. The maximum absolute atomic E-state index is 11.0. The molecule has 106 valence electrons. The Bertz CT molecular complexity index is 436. The highest BCUT2D eigenvalue weighted by Crippen LogP contribution is 2.32. The van der Waals surface area contributed by atoms with Crippen molar-refractivity contribution in [2.24, 2.45) is 0 Å². The van der Waals surface area contributed by atoms with Crippen LogP contribution in [-0.2, 0) is 0 Å². The van der Waals surface area contributed by atoms with Gasteiger partial charge in [0, 0.05) is 12.1 Å². The molecule has 6 heteroatoms. The van der Waals surface area contributed by atoms with E-state index in [0.717, 1.165) is 0 Å². The largest absolute Gasteiger partial charge is 0.497 e. The molecule has 0 radical (unpaired) electrons. The smallest absolute Gasteiger partial charge is 0.292 e. The number of rotatable bonds is 7. The van der Waals surface area contributed by atoms with Crippen LogP contribution in [0.1, 0.15) is 26.7 Å². The van der Waals surface area contributed by atoms with E-state index in [0.29, 0.717) is 24.3 Å². The van der Waals surface area contributed by atoms with Crippen molar-refractivity contribution in [1.82, 2.24) is 0 Å². The van der Waals surface area contributed by atoms with Gasteiger partial charge in [-0.25, -0.2) is 0 Å². The topological polar surface area (TPSA) is 84.6 Å². The lowest BCUT2D eigenvalue weighted by atomic mass is 9.93. The second-order valence-corrected chi connectivity index (χ2v) is 4.41. The second-order valence-electron chi connectivity index (χ2n) is 4.41. The highest BCUT2D eigenvalue weighted by atomic mass is 16.6. The number of ether oxygens (including phenoxy) is 1. The molecule has 2 N–H and O–H groups in total. The van der Waals surface area contributed by atoms with E-state index in [1.807, 2.05) is 13.8 Å². The number of hydrogen-bond donors (Lipinski definition) is 2. The van der Waals surface area contributed by atoms with E-state index >= 15 is 0 Å². The Hall–Kier alpha value is -1.82. The van der Waals surface area contributed by atoms with E-state index in [2.05, 4.69) is 5.32 Å². The van der Waals surface area contributed by atoms with Crippen LogP contribution in [0.25, 0.3) is 0 Å². The molecule has 19 heavy (non-hydrogen) atoms. The summed E-state index contributed by atoms with van der Waals surface area (Å²) in [7, 11) is 1.50. The standard InChI is InChI=1S/C13H20N2O4/c1-4-13(5-2,9-16)14-11-8-10(19-3)6-7-12(11)15(17)18/h6-8,14,16H,4-5,9H2,1-3H3. The summed E-state index contributed by atoms with van der Waals surface area (Å²) in [5.74, 6) is 0.534. The second kappa shape index (κ2) is 6.38. The molecule has 6 nitrogen and oxygen atoms in total. The fraction of sp³-hybridized carbons (Fsp3) is 0.538. The fourth-order valence-corrected chi connectivity index (χ4v) is 1.88.